The number of rotatable bonds is 5. The maximum Gasteiger partial charge on any atom is 0.170 e. The molecular formula is C13H23N3O. The SMILES string of the molecule is CCN=C(C)CC(C)C1=NC(OC)C=C(C)N1. The second-order valence-electron chi connectivity index (χ2n) is 4.43. The van der Waals surface area contributed by atoms with Crippen molar-refractivity contribution in [3.05, 3.63) is 11.8 Å². The molecule has 0 aromatic rings. The molecule has 0 aliphatic carbocycles. The van der Waals surface area contributed by atoms with Crippen LogP contribution in [0.5, 0.6) is 0 Å². The predicted octanol–water partition coefficient (Wildman–Crippen LogP) is 2.37. The van der Waals surface area contributed by atoms with Gasteiger partial charge < -0.3 is 10.1 Å². The first-order valence-corrected chi connectivity index (χ1v) is 6.12. The molecule has 0 aromatic heterocycles. The first-order valence-electron chi connectivity index (χ1n) is 6.12. The molecule has 0 bridgehead atoms. The average Bonchev–Trinajstić information content (AvgIpc) is 2.28. The summed E-state index contributed by atoms with van der Waals surface area (Å²) in [4.78, 5) is 8.92. The molecule has 1 rings (SSSR count). The fourth-order valence-electron chi connectivity index (χ4n) is 1.91. The molecule has 1 aliphatic rings. The van der Waals surface area contributed by atoms with E-state index in [9.17, 15) is 0 Å². The lowest BCUT2D eigenvalue weighted by molar-refractivity contribution is 0.145. The summed E-state index contributed by atoms with van der Waals surface area (Å²) in [6.07, 6.45) is 2.75. The van der Waals surface area contributed by atoms with Crippen molar-refractivity contribution in [2.75, 3.05) is 13.7 Å². The van der Waals surface area contributed by atoms with Crippen LogP contribution in [0.1, 0.15) is 34.1 Å². The van der Waals surface area contributed by atoms with Crippen LogP contribution in [0.2, 0.25) is 0 Å². The fraction of sp³-hybridized carbons (Fsp3) is 0.692. The molecule has 0 aromatic carbocycles. The third kappa shape index (κ3) is 4.30. The fourth-order valence-corrected chi connectivity index (χ4v) is 1.91. The quantitative estimate of drug-likeness (QED) is 0.746. The number of hydrogen-bond acceptors (Lipinski definition) is 4. The van der Waals surface area contributed by atoms with Crippen LogP contribution in [0, 0.1) is 5.92 Å². The monoisotopic (exact) mass is 237 g/mol. The summed E-state index contributed by atoms with van der Waals surface area (Å²) in [5.41, 5.74) is 2.27. The Morgan fingerprint density at radius 1 is 1.65 bits per heavy atom. The van der Waals surface area contributed by atoms with Gasteiger partial charge in [0.1, 0.15) is 5.84 Å². The summed E-state index contributed by atoms with van der Waals surface area (Å²) in [5.74, 6) is 1.33. The van der Waals surface area contributed by atoms with Crippen molar-refractivity contribution < 1.29 is 4.74 Å². The molecular weight excluding hydrogens is 214 g/mol. The lowest BCUT2D eigenvalue weighted by atomic mass is 10.0. The molecule has 0 spiro atoms. The maximum atomic E-state index is 5.26. The van der Waals surface area contributed by atoms with E-state index in [4.69, 9.17) is 4.74 Å². The lowest BCUT2D eigenvalue weighted by Crippen LogP contribution is -2.34. The number of nitrogens with one attached hydrogen (secondary N) is 1. The van der Waals surface area contributed by atoms with E-state index in [1.807, 2.05) is 13.0 Å². The number of aliphatic imine (C=N–C) groups is 2. The number of hydrogen-bond donors (Lipinski definition) is 1. The van der Waals surface area contributed by atoms with Gasteiger partial charge >= 0.3 is 0 Å². The molecule has 1 N–H and O–H groups in total. The zero-order chi connectivity index (χ0) is 12.8. The number of amidine groups is 1. The molecule has 4 nitrogen and oxygen atoms in total. The van der Waals surface area contributed by atoms with E-state index in [1.54, 1.807) is 7.11 Å². The minimum atomic E-state index is -0.155. The lowest BCUT2D eigenvalue weighted by Gasteiger charge is -2.23. The van der Waals surface area contributed by atoms with Gasteiger partial charge in [-0.3, -0.25) is 4.99 Å². The van der Waals surface area contributed by atoms with Crippen molar-refractivity contribution in [2.24, 2.45) is 15.9 Å². The van der Waals surface area contributed by atoms with E-state index in [1.165, 1.54) is 5.71 Å². The summed E-state index contributed by atoms with van der Waals surface area (Å²) in [5, 5.41) is 3.30. The Hall–Kier alpha value is -1.16. The Bertz CT molecular complexity index is 345. The van der Waals surface area contributed by atoms with Crippen molar-refractivity contribution in [1.82, 2.24) is 5.32 Å². The van der Waals surface area contributed by atoms with Crippen LogP contribution >= 0.6 is 0 Å². The Balaban J connectivity index is 2.66. The van der Waals surface area contributed by atoms with Gasteiger partial charge in [0.2, 0.25) is 0 Å². The van der Waals surface area contributed by atoms with E-state index >= 15 is 0 Å². The first kappa shape index (κ1) is 13.9. The van der Waals surface area contributed by atoms with E-state index < -0.39 is 0 Å². The minimum absolute atomic E-state index is 0.155. The average molecular weight is 237 g/mol. The van der Waals surface area contributed by atoms with Gasteiger partial charge in [0.05, 0.1) is 0 Å². The summed E-state index contributed by atoms with van der Waals surface area (Å²) in [6, 6.07) is 0. The van der Waals surface area contributed by atoms with E-state index in [2.05, 4.69) is 36.1 Å². The number of ether oxygens (including phenoxy) is 1. The Labute approximate surface area is 104 Å². The third-order valence-electron chi connectivity index (χ3n) is 2.72. The van der Waals surface area contributed by atoms with Gasteiger partial charge in [0.15, 0.2) is 6.23 Å². The molecule has 0 fully saturated rings. The van der Waals surface area contributed by atoms with Crippen molar-refractivity contribution in [3.8, 4) is 0 Å². The molecule has 2 unspecified atom stereocenters. The molecule has 0 radical (unpaired) electrons. The van der Waals surface area contributed by atoms with E-state index in [0.717, 1.165) is 24.5 Å². The topological polar surface area (TPSA) is 46.0 Å². The third-order valence-corrected chi connectivity index (χ3v) is 2.72. The number of methoxy groups -OCH3 is 1. The molecule has 0 saturated carbocycles. The summed E-state index contributed by atoms with van der Waals surface area (Å²) in [6.45, 7) is 9.16. The standard InChI is InChI=1S/C13H23N3O/c1-6-14-10(3)7-9(2)13-15-11(4)8-12(16-13)17-5/h8-9,12H,6-7H2,1-5H3,(H,15,16). The van der Waals surface area contributed by atoms with Crippen LogP contribution in [0.15, 0.2) is 21.8 Å². The van der Waals surface area contributed by atoms with Crippen molar-refractivity contribution >= 4 is 11.5 Å². The molecule has 0 saturated heterocycles. The molecule has 1 heterocycles. The predicted molar refractivity (Wildman–Crippen MR) is 72.6 cm³/mol. The highest BCUT2D eigenvalue weighted by atomic mass is 16.5. The molecule has 0 amide bonds. The molecule has 2 atom stereocenters. The van der Waals surface area contributed by atoms with Gasteiger partial charge in [-0.1, -0.05) is 6.92 Å². The van der Waals surface area contributed by atoms with Gasteiger partial charge in [-0.05, 0) is 33.3 Å². The smallest absolute Gasteiger partial charge is 0.170 e. The zero-order valence-electron chi connectivity index (χ0n) is 11.4. The first-order chi connectivity index (χ1) is 8.06. The van der Waals surface area contributed by atoms with Gasteiger partial charge in [0, 0.05) is 31.0 Å². The Morgan fingerprint density at radius 2 is 2.35 bits per heavy atom. The van der Waals surface area contributed by atoms with Gasteiger partial charge in [0.25, 0.3) is 0 Å². The Morgan fingerprint density at radius 3 is 2.94 bits per heavy atom. The van der Waals surface area contributed by atoms with E-state index in [0.29, 0.717) is 5.92 Å². The van der Waals surface area contributed by atoms with Crippen LogP contribution in [-0.4, -0.2) is 31.4 Å². The molecule has 1 aliphatic heterocycles. The number of nitrogens with zero attached hydrogens (tertiary/aromatic N) is 2. The summed E-state index contributed by atoms with van der Waals surface area (Å²) >= 11 is 0. The summed E-state index contributed by atoms with van der Waals surface area (Å²) in [7, 11) is 1.68. The van der Waals surface area contributed by atoms with Crippen molar-refractivity contribution in [2.45, 2.75) is 40.3 Å². The van der Waals surface area contributed by atoms with Crippen LogP contribution in [0.3, 0.4) is 0 Å². The zero-order valence-corrected chi connectivity index (χ0v) is 11.4. The second-order valence-corrected chi connectivity index (χ2v) is 4.43. The van der Waals surface area contributed by atoms with Crippen molar-refractivity contribution in [1.29, 1.82) is 0 Å². The highest BCUT2D eigenvalue weighted by molar-refractivity contribution is 5.92. The Kier molecular flexibility index (Phi) is 5.35. The van der Waals surface area contributed by atoms with Crippen LogP contribution in [0.4, 0.5) is 0 Å². The number of allylic oxidation sites excluding steroid dienone is 1. The largest absolute Gasteiger partial charge is 0.356 e. The molecule has 96 valence electrons. The molecule has 17 heavy (non-hydrogen) atoms. The normalized spacial score (nSPS) is 22.6. The highest BCUT2D eigenvalue weighted by Crippen LogP contribution is 2.13. The van der Waals surface area contributed by atoms with Crippen LogP contribution < -0.4 is 5.32 Å². The van der Waals surface area contributed by atoms with Gasteiger partial charge in [-0.2, -0.15) is 0 Å². The second kappa shape index (κ2) is 6.55. The van der Waals surface area contributed by atoms with E-state index in [-0.39, 0.29) is 6.23 Å². The summed E-state index contributed by atoms with van der Waals surface area (Å²) < 4.78 is 5.26. The maximum absolute atomic E-state index is 5.26. The van der Waals surface area contributed by atoms with Crippen LogP contribution in [-0.2, 0) is 4.74 Å². The van der Waals surface area contributed by atoms with Crippen LogP contribution in [0.25, 0.3) is 0 Å². The highest BCUT2D eigenvalue weighted by Gasteiger charge is 2.18. The van der Waals surface area contributed by atoms with Gasteiger partial charge in [-0.25, -0.2) is 4.99 Å². The van der Waals surface area contributed by atoms with Gasteiger partial charge in [-0.15, -0.1) is 0 Å². The van der Waals surface area contributed by atoms with Crippen molar-refractivity contribution in [3.63, 3.8) is 0 Å². The minimum Gasteiger partial charge on any atom is -0.356 e. The molecule has 4 heteroatoms.